The lowest BCUT2D eigenvalue weighted by molar-refractivity contribution is -0.120. The second-order valence-electron chi connectivity index (χ2n) is 4.24. The van der Waals surface area contributed by atoms with Crippen LogP contribution in [-0.4, -0.2) is 26.1 Å². The molecule has 0 aromatic heterocycles. The van der Waals surface area contributed by atoms with Crippen LogP contribution in [0.3, 0.4) is 0 Å². The zero-order valence-electron chi connectivity index (χ0n) is 11.3. The zero-order valence-corrected chi connectivity index (χ0v) is 11.3. The van der Waals surface area contributed by atoms with Crippen molar-refractivity contribution >= 4 is 5.91 Å². The van der Waals surface area contributed by atoms with Gasteiger partial charge in [0.25, 0.3) is 0 Å². The summed E-state index contributed by atoms with van der Waals surface area (Å²) < 4.78 is 5.16. The summed E-state index contributed by atoms with van der Waals surface area (Å²) in [7, 11) is 1.64. The van der Waals surface area contributed by atoms with E-state index in [1.807, 2.05) is 31.2 Å². The lowest BCUT2D eigenvalue weighted by atomic mass is 10.1. The van der Waals surface area contributed by atoms with Crippen LogP contribution in [0.5, 0.6) is 5.75 Å². The SMILES string of the molecule is CCCNCC(=O)NC(C)c1cccc(OC)c1. The molecule has 1 rings (SSSR count). The van der Waals surface area contributed by atoms with E-state index in [-0.39, 0.29) is 11.9 Å². The maximum absolute atomic E-state index is 11.7. The number of hydrogen-bond acceptors (Lipinski definition) is 3. The van der Waals surface area contributed by atoms with Gasteiger partial charge in [0.1, 0.15) is 5.75 Å². The van der Waals surface area contributed by atoms with Gasteiger partial charge in [-0.25, -0.2) is 0 Å². The van der Waals surface area contributed by atoms with Gasteiger partial charge in [-0.05, 0) is 37.6 Å². The summed E-state index contributed by atoms with van der Waals surface area (Å²) in [5.74, 6) is 0.816. The Hall–Kier alpha value is -1.55. The number of carbonyl (C=O) groups is 1. The van der Waals surface area contributed by atoms with Crippen molar-refractivity contribution in [3.8, 4) is 5.75 Å². The Morgan fingerprint density at radius 1 is 1.44 bits per heavy atom. The zero-order chi connectivity index (χ0) is 13.4. The molecule has 1 amide bonds. The standard InChI is InChI=1S/C14H22N2O2/c1-4-8-15-10-14(17)16-11(2)12-6-5-7-13(9-12)18-3/h5-7,9,11,15H,4,8,10H2,1-3H3,(H,16,17). The Bertz CT molecular complexity index is 380. The van der Waals surface area contributed by atoms with Gasteiger partial charge in [0.15, 0.2) is 0 Å². The molecule has 0 spiro atoms. The molecule has 0 aliphatic rings. The van der Waals surface area contributed by atoms with Crippen LogP contribution in [-0.2, 0) is 4.79 Å². The molecule has 0 heterocycles. The molecule has 0 aliphatic heterocycles. The lowest BCUT2D eigenvalue weighted by Gasteiger charge is -2.15. The third-order valence-corrected chi connectivity index (χ3v) is 2.68. The van der Waals surface area contributed by atoms with Gasteiger partial charge in [-0.3, -0.25) is 4.79 Å². The van der Waals surface area contributed by atoms with Gasteiger partial charge < -0.3 is 15.4 Å². The highest BCUT2D eigenvalue weighted by atomic mass is 16.5. The first-order valence-electron chi connectivity index (χ1n) is 6.31. The summed E-state index contributed by atoms with van der Waals surface area (Å²) in [6.45, 7) is 5.26. The predicted octanol–water partition coefficient (Wildman–Crippen LogP) is 1.87. The van der Waals surface area contributed by atoms with E-state index in [9.17, 15) is 4.79 Å². The third kappa shape index (κ3) is 4.75. The number of methoxy groups -OCH3 is 1. The first-order valence-corrected chi connectivity index (χ1v) is 6.31. The lowest BCUT2D eigenvalue weighted by Crippen LogP contribution is -2.35. The van der Waals surface area contributed by atoms with Crippen LogP contribution in [0.4, 0.5) is 0 Å². The van der Waals surface area contributed by atoms with E-state index in [2.05, 4.69) is 17.6 Å². The Kier molecular flexibility index (Phi) is 6.22. The minimum atomic E-state index is -0.0176. The Labute approximate surface area is 109 Å². The molecule has 0 aliphatic carbocycles. The molecule has 0 bridgehead atoms. The summed E-state index contributed by atoms with van der Waals surface area (Å²) in [5.41, 5.74) is 1.04. The Morgan fingerprint density at radius 3 is 2.89 bits per heavy atom. The van der Waals surface area contributed by atoms with Crippen molar-refractivity contribution in [1.82, 2.24) is 10.6 Å². The summed E-state index contributed by atoms with van der Waals surface area (Å²) in [6, 6.07) is 7.71. The molecule has 100 valence electrons. The highest BCUT2D eigenvalue weighted by Crippen LogP contribution is 2.18. The van der Waals surface area contributed by atoms with Gasteiger partial charge >= 0.3 is 0 Å². The Morgan fingerprint density at radius 2 is 2.22 bits per heavy atom. The first kappa shape index (κ1) is 14.5. The third-order valence-electron chi connectivity index (χ3n) is 2.68. The second-order valence-corrected chi connectivity index (χ2v) is 4.24. The van der Waals surface area contributed by atoms with Crippen LogP contribution in [0, 0.1) is 0 Å². The van der Waals surface area contributed by atoms with Crippen LogP contribution in [0.2, 0.25) is 0 Å². The molecule has 0 saturated heterocycles. The van der Waals surface area contributed by atoms with Gasteiger partial charge in [-0.1, -0.05) is 19.1 Å². The molecule has 1 atom stereocenters. The molecule has 4 nitrogen and oxygen atoms in total. The van der Waals surface area contributed by atoms with Crippen molar-refractivity contribution < 1.29 is 9.53 Å². The maximum atomic E-state index is 11.7. The molecule has 1 aromatic rings. The van der Waals surface area contributed by atoms with E-state index < -0.39 is 0 Å². The molecular weight excluding hydrogens is 228 g/mol. The van der Waals surface area contributed by atoms with Crippen molar-refractivity contribution in [2.24, 2.45) is 0 Å². The van der Waals surface area contributed by atoms with Crippen LogP contribution in [0.15, 0.2) is 24.3 Å². The average Bonchev–Trinajstić information content (AvgIpc) is 2.39. The van der Waals surface area contributed by atoms with E-state index in [1.54, 1.807) is 7.11 Å². The summed E-state index contributed by atoms with van der Waals surface area (Å²) >= 11 is 0. The number of hydrogen-bond donors (Lipinski definition) is 2. The quantitative estimate of drug-likeness (QED) is 0.726. The van der Waals surface area contributed by atoms with E-state index >= 15 is 0 Å². The summed E-state index contributed by atoms with van der Waals surface area (Å²) in [5, 5.41) is 6.03. The average molecular weight is 250 g/mol. The molecule has 0 fully saturated rings. The second kappa shape index (κ2) is 7.71. The number of benzene rings is 1. The molecule has 1 aromatic carbocycles. The van der Waals surface area contributed by atoms with Crippen LogP contribution >= 0.6 is 0 Å². The molecule has 0 radical (unpaired) electrons. The molecule has 4 heteroatoms. The number of amides is 1. The largest absolute Gasteiger partial charge is 0.497 e. The van der Waals surface area contributed by atoms with E-state index in [4.69, 9.17) is 4.74 Å². The summed E-state index contributed by atoms with van der Waals surface area (Å²) in [6.07, 6.45) is 1.03. The van der Waals surface area contributed by atoms with Gasteiger partial charge in [0.05, 0.1) is 19.7 Å². The minimum Gasteiger partial charge on any atom is -0.497 e. The molecular formula is C14H22N2O2. The maximum Gasteiger partial charge on any atom is 0.234 e. The summed E-state index contributed by atoms with van der Waals surface area (Å²) in [4.78, 5) is 11.7. The fraction of sp³-hybridized carbons (Fsp3) is 0.500. The van der Waals surface area contributed by atoms with Crippen LogP contribution in [0.1, 0.15) is 31.9 Å². The highest BCUT2D eigenvalue weighted by molar-refractivity contribution is 5.78. The predicted molar refractivity (Wildman–Crippen MR) is 72.7 cm³/mol. The fourth-order valence-electron chi connectivity index (χ4n) is 1.67. The number of nitrogens with one attached hydrogen (secondary N) is 2. The smallest absolute Gasteiger partial charge is 0.234 e. The van der Waals surface area contributed by atoms with Crippen molar-refractivity contribution in [1.29, 1.82) is 0 Å². The first-order chi connectivity index (χ1) is 8.67. The van der Waals surface area contributed by atoms with Crippen molar-refractivity contribution in [2.75, 3.05) is 20.2 Å². The van der Waals surface area contributed by atoms with Crippen molar-refractivity contribution in [3.63, 3.8) is 0 Å². The molecule has 0 saturated carbocycles. The van der Waals surface area contributed by atoms with Crippen LogP contribution < -0.4 is 15.4 Å². The fourth-order valence-corrected chi connectivity index (χ4v) is 1.67. The molecule has 2 N–H and O–H groups in total. The van der Waals surface area contributed by atoms with Crippen molar-refractivity contribution in [2.45, 2.75) is 26.3 Å². The van der Waals surface area contributed by atoms with E-state index in [0.29, 0.717) is 6.54 Å². The minimum absolute atomic E-state index is 0.0127. The number of rotatable bonds is 7. The number of ether oxygens (including phenoxy) is 1. The molecule has 18 heavy (non-hydrogen) atoms. The number of carbonyl (C=O) groups excluding carboxylic acids is 1. The van der Waals surface area contributed by atoms with Gasteiger partial charge in [0.2, 0.25) is 5.91 Å². The van der Waals surface area contributed by atoms with Gasteiger partial charge in [-0.2, -0.15) is 0 Å². The van der Waals surface area contributed by atoms with E-state index in [1.165, 1.54) is 0 Å². The van der Waals surface area contributed by atoms with Gasteiger partial charge in [0, 0.05) is 0 Å². The van der Waals surface area contributed by atoms with Crippen LogP contribution in [0.25, 0.3) is 0 Å². The monoisotopic (exact) mass is 250 g/mol. The van der Waals surface area contributed by atoms with E-state index in [0.717, 1.165) is 24.3 Å². The van der Waals surface area contributed by atoms with Crippen molar-refractivity contribution in [3.05, 3.63) is 29.8 Å². The van der Waals surface area contributed by atoms with Gasteiger partial charge in [-0.15, -0.1) is 0 Å². The topological polar surface area (TPSA) is 50.4 Å². The molecule has 1 unspecified atom stereocenters. The highest BCUT2D eigenvalue weighted by Gasteiger charge is 2.09. The Balaban J connectivity index is 2.48. The normalized spacial score (nSPS) is 11.9.